The van der Waals surface area contributed by atoms with E-state index in [4.69, 9.17) is 17.3 Å². The number of anilines is 2. The molecule has 1 saturated heterocycles. The van der Waals surface area contributed by atoms with E-state index in [1.54, 1.807) is 12.1 Å². The Morgan fingerprint density at radius 2 is 1.94 bits per heavy atom. The summed E-state index contributed by atoms with van der Waals surface area (Å²) in [7, 11) is -2.82. The van der Waals surface area contributed by atoms with Crippen LogP contribution in [0.15, 0.2) is 18.2 Å². The molecular weight excluding hydrogens is 260 g/mol. The molecule has 1 fully saturated rings. The maximum absolute atomic E-state index is 11.3. The number of hydrogen-bond acceptors (Lipinski definition) is 4. The van der Waals surface area contributed by atoms with Gasteiger partial charge in [0, 0.05) is 11.1 Å². The van der Waals surface area contributed by atoms with Crippen LogP contribution in [0, 0.1) is 0 Å². The fourth-order valence-corrected chi connectivity index (χ4v) is 3.59. The van der Waals surface area contributed by atoms with E-state index < -0.39 is 9.84 Å². The van der Waals surface area contributed by atoms with Crippen molar-refractivity contribution < 1.29 is 8.42 Å². The first kappa shape index (κ1) is 12.5. The fourth-order valence-electron chi connectivity index (χ4n) is 1.92. The molecule has 0 aliphatic carbocycles. The Balaban J connectivity index is 2.02. The average Bonchev–Trinajstić information content (AvgIpc) is 2.25. The number of sulfone groups is 1. The predicted molar refractivity (Wildman–Crippen MR) is 71.2 cm³/mol. The van der Waals surface area contributed by atoms with E-state index in [1.807, 2.05) is 6.07 Å². The van der Waals surface area contributed by atoms with E-state index in [9.17, 15) is 8.42 Å². The maximum Gasteiger partial charge on any atom is 0.150 e. The van der Waals surface area contributed by atoms with E-state index in [0.717, 1.165) is 5.69 Å². The number of nitrogens with one attached hydrogen (secondary N) is 1. The van der Waals surface area contributed by atoms with Gasteiger partial charge in [0.15, 0.2) is 0 Å². The number of benzene rings is 1. The Hall–Kier alpha value is -0.940. The van der Waals surface area contributed by atoms with Gasteiger partial charge in [0.25, 0.3) is 0 Å². The molecule has 1 aromatic carbocycles. The largest absolute Gasteiger partial charge is 0.397 e. The average molecular weight is 275 g/mol. The Morgan fingerprint density at radius 3 is 2.53 bits per heavy atom. The Morgan fingerprint density at radius 1 is 1.29 bits per heavy atom. The highest BCUT2D eigenvalue weighted by atomic mass is 35.5. The highest BCUT2D eigenvalue weighted by Gasteiger charge is 2.23. The smallest absolute Gasteiger partial charge is 0.150 e. The molecule has 0 bridgehead atoms. The van der Waals surface area contributed by atoms with Crippen molar-refractivity contribution in [3.63, 3.8) is 0 Å². The molecule has 0 unspecified atom stereocenters. The van der Waals surface area contributed by atoms with Crippen LogP contribution in [0.5, 0.6) is 0 Å². The minimum absolute atomic E-state index is 0.169. The number of rotatable bonds is 2. The zero-order chi connectivity index (χ0) is 12.5. The molecule has 4 nitrogen and oxygen atoms in total. The molecule has 94 valence electrons. The van der Waals surface area contributed by atoms with Crippen LogP contribution in [0.1, 0.15) is 12.8 Å². The Kier molecular flexibility index (Phi) is 3.49. The summed E-state index contributed by atoms with van der Waals surface area (Å²) >= 11 is 5.81. The van der Waals surface area contributed by atoms with Gasteiger partial charge in [0.1, 0.15) is 9.84 Å². The van der Waals surface area contributed by atoms with Gasteiger partial charge in [0.2, 0.25) is 0 Å². The van der Waals surface area contributed by atoms with Gasteiger partial charge in [-0.25, -0.2) is 8.42 Å². The van der Waals surface area contributed by atoms with Crippen molar-refractivity contribution in [2.24, 2.45) is 0 Å². The zero-order valence-corrected chi connectivity index (χ0v) is 10.9. The normalized spacial score (nSPS) is 20.1. The van der Waals surface area contributed by atoms with Crippen LogP contribution in [-0.2, 0) is 9.84 Å². The third kappa shape index (κ3) is 3.26. The number of nitrogens with two attached hydrogens (primary N) is 1. The lowest BCUT2D eigenvalue weighted by molar-refractivity contribution is 0.559. The summed E-state index contributed by atoms with van der Waals surface area (Å²) in [5, 5.41) is 3.86. The molecule has 3 N–H and O–H groups in total. The standard InChI is InChI=1S/C11H15ClN2O2S/c12-8-1-2-11(10(13)7-8)14-9-3-5-17(15,16)6-4-9/h1-2,7,9,14H,3-6,13H2. The van der Waals surface area contributed by atoms with E-state index >= 15 is 0 Å². The molecule has 0 radical (unpaired) electrons. The quantitative estimate of drug-likeness (QED) is 0.808. The van der Waals surface area contributed by atoms with Crippen LogP contribution < -0.4 is 11.1 Å². The SMILES string of the molecule is Nc1cc(Cl)ccc1NC1CCS(=O)(=O)CC1. The van der Waals surface area contributed by atoms with Crippen LogP contribution in [0.3, 0.4) is 0 Å². The van der Waals surface area contributed by atoms with Gasteiger partial charge in [-0.1, -0.05) is 11.6 Å². The van der Waals surface area contributed by atoms with Crippen LogP contribution in [-0.4, -0.2) is 26.0 Å². The van der Waals surface area contributed by atoms with Crippen molar-refractivity contribution in [2.45, 2.75) is 18.9 Å². The van der Waals surface area contributed by atoms with Gasteiger partial charge in [-0.3, -0.25) is 0 Å². The first-order valence-corrected chi connectivity index (χ1v) is 7.68. The summed E-state index contributed by atoms with van der Waals surface area (Å²) in [6.45, 7) is 0. The van der Waals surface area contributed by atoms with Crippen molar-refractivity contribution in [1.29, 1.82) is 0 Å². The Labute approximate surface area is 106 Å². The van der Waals surface area contributed by atoms with Gasteiger partial charge >= 0.3 is 0 Å². The van der Waals surface area contributed by atoms with Gasteiger partial charge in [-0.05, 0) is 31.0 Å². The Bertz CT molecular complexity index is 502. The molecule has 1 aliphatic heterocycles. The predicted octanol–water partition coefficient (Wildman–Crippen LogP) is 1.91. The molecule has 17 heavy (non-hydrogen) atoms. The second-order valence-electron chi connectivity index (χ2n) is 4.30. The molecule has 0 atom stereocenters. The molecule has 0 aromatic heterocycles. The van der Waals surface area contributed by atoms with E-state index in [2.05, 4.69) is 5.32 Å². The first-order valence-electron chi connectivity index (χ1n) is 5.48. The van der Waals surface area contributed by atoms with Gasteiger partial charge < -0.3 is 11.1 Å². The van der Waals surface area contributed by atoms with Crippen molar-refractivity contribution >= 4 is 32.8 Å². The molecule has 0 spiro atoms. The van der Waals surface area contributed by atoms with Crippen LogP contribution in [0.2, 0.25) is 5.02 Å². The lowest BCUT2D eigenvalue weighted by atomic mass is 10.1. The highest BCUT2D eigenvalue weighted by molar-refractivity contribution is 7.91. The van der Waals surface area contributed by atoms with Gasteiger partial charge in [-0.2, -0.15) is 0 Å². The molecule has 1 aliphatic rings. The van der Waals surface area contributed by atoms with Crippen LogP contribution >= 0.6 is 11.6 Å². The summed E-state index contributed by atoms with van der Waals surface area (Å²) in [5.41, 5.74) is 7.23. The van der Waals surface area contributed by atoms with Crippen molar-refractivity contribution in [2.75, 3.05) is 22.6 Å². The molecule has 1 heterocycles. The second-order valence-corrected chi connectivity index (χ2v) is 7.04. The van der Waals surface area contributed by atoms with Crippen LogP contribution in [0.25, 0.3) is 0 Å². The van der Waals surface area contributed by atoms with Gasteiger partial charge in [-0.15, -0.1) is 0 Å². The lowest BCUT2D eigenvalue weighted by Gasteiger charge is -2.24. The minimum atomic E-state index is -2.82. The van der Waals surface area contributed by atoms with E-state index in [-0.39, 0.29) is 17.5 Å². The summed E-state index contributed by atoms with van der Waals surface area (Å²) in [5.74, 6) is 0.496. The fraction of sp³-hybridized carbons (Fsp3) is 0.455. The summed E-state index contributed by atoms with van der Waals surface area (Å²) in [6.07, 6.45) is 1.26. The summed E-state index contributed by atoms with van der Waals surface area (Å²) in [6, 6.07) is 5.44. The lowest BCUT2D eigenvalue weighted by Crippen LogP contribution is -2.32. The molecule has 0 amide bonds. The summed E-state index contributed by atoms with van der Waals surface area (Å²) < 4.78 is 22.6. The maximum atomic E-state index is 11.3. The molecule has 0 saturated carbocycles. The highest BCUT2D eigenvalue weighted by Crippen LogP contribution is 2.25. The molecule has 1 aromatic rings. The second kappa shape index (κ2) is 4.74. The first-order chi connectivity index (χ1) is 7.96. The van der Waals surface area contributed by atoms with Crippen molar-refractivity contribution in [3.8, 4) is 0 Å². The number of nitrogen functional groups attached to an aromatic ring is 1. The van der Waals surface area contributed by atoms with Crippen molar-refractivity contribution in [3.05, 3.63) is 23.2 Å². The number of hydrogen-bond donors (Lipinski definition) is 2. The third-order valence-electron chi connectivity index (χ3n) is 2.93. The summed E-state index contributed by atoms with van der Waals surface area (Å²) in [4.78, 5) is 0. The third-order valence-corrected chi connectivity index (χ3v) is 4.88. The monoisotopic (exact) mass is 274 g/mol. The number of halogens is 1. The minimum Gasteiger partial charge on any atom is -0.397 e. The van der Waals surface area contributed by atoms with E-state index in [0.29, 0.717) is 23.6 Å². The van der Waals surface area contributed by atoms with Crippen LogP contribution in [0.4, 0.5) is 11.4 Å². The molecular formula is C11H15ClN2O2S. The molecule has 2 rings (SSSR count). The van der Waals surface area contributed by atoms with E-state index in [1.165, 1.54) is 0 Å². The topological polar surface area (TPSA) is 72.2 Å². The van der Waals surface area contributed by atoms with Crippen molar-refractivity contribution in [1.82, 2.24) is 0 Å². The van der Waals surface area contributed by atoms with Gasteiger partial charge in [0.05, 0.1) is 22.9 Å². The molecule has 6 heteroatoms. The zero-order valence-electron chi connectivity index (χ0n) is 9.32.